The first-order chi connectivity index (χ1) is 9.72. The zero-order chi connectivity index (χ0) is 14.4. The minimum absolute atomic E-state index is 0.244. The quantitative estimate of drug-likeness (QED) is 0.881. The van der Waals surface area contributed by atoms with Crippen LogP contribution in [0.25, 0.3) is 0 Å². The van der Waals surface area contributed by atoms with Crippen LogP contribution in [0.2, 0.25) is 0 Å². The fourth-order valence-corrected chi connectivity index (χ4v) is 1.91. The monoisotopic (exact) mass is 275 g/mol. The third-order valence-corrected chi connectivity index (χ3v) is 2.96. The van der Waals surface area contributed by atoms with Crippen LogP contribution in [-0.2, 0) is 13.0 Å². The Balaban J connectivity index is 2.03. The molecule has 0 fully saturated rings. The molecule has 0 saturated carbocycles. The summed E-state index contributed by atoms with van der Waals surface area (Å²) in [6.45, 7) is 0.799. The van der Waals surface area contributed by atoms with E-state index in [0.29, 0.717) is 19.6 Å². The molecule has 2 N–H and O–H groups in total. The molecule has 0 bridgehead atoms. The number of nitrogens with two attached hydrogens (primary N) is 1. The van der Waals surface area contributed by atoms with Crippen molar-refractivity contribution in [3.63, 3.8) is 0 Å². The molecule has 0 atom stereocenters. The minimum atomic E-state index is -0.362. The Morgan fingerprint density at radius 2 is 1.95 bits per heavy atom. The summed E-state index contributed by atoms with van der Waals surface area (Å²) in [5.41, 5.74) is 7.24. The summed E-state index contributed by atoms with van der Waals surface area (Å²) >= 11 is 0. The van der Waals surface area contributed by atoms with Crippen molar-refractivity contribution in [2.45, 2.75) is 13.0 Å². The summed E-state index contributed by atoms with van der Waals surface area (Å²) in [4.78, 5) is 0. The molecule has 0 radical (unpaired) electrons. The lowest BCUT2D eigenvalue weighted by molar-refractivity contribution is 0.289. The van der Waals surface area contributed by atoms with Gasteiger partial charge in [0.1, 0.15) is 12.4 Å². The molecule has 0 aromatic heterocycles. The fourth-order valence-electron chi connectivity index (χ4n) is 1.91. The third-order valence-electron chi connectivity index (χ3n) is 2.96. The number of halogens is 1. The molecule has 106 valence electrons. The molecule has 3 nitrogen and oxygen atoms in total. The Morgan fingerprint density at radius 3 is 2.65 bits per heavy atom. The normalized spacial score (nSPS) is 10.3. The predicted octanol–water partition coefficient (Wildman–Crippen LogP) is 2.91. The Kier molecular flexibility index (Phi) is 4.96. The van der Waals surface area contributed by atoms with Crippen LogP contribution in [0.1, 0.15) is 11.1 Å². The van der Waals surface area contributed by atoms with Gasteiger partial charge >= 0.3 is 0 Å². The topological polar surface area (TPSA) is 44.5 Å². The molecule has 2 aromatic rings. The number of ether oxygens (including phenoxy) is 2. The Morgan fingerprint density at radius 1 is 1.10 bits per heavy atom. The van der Waals surface area contributed by atoms with Gasteiger partial charge in [0.15, 0.2) is 11.6 Å². The molecular weight excluding hydrogens is 257 g/mol. The average Bonchev–Trinajstić information content (AvgIpc) is 2.47. The van der Waals surface area contributed by atoms with Gasteiger partial charge in [0.2, 0.25) is 0 Å². The van der Waals surface area contributed by atoms with Crippen molar-refractivity contribution >= 4 is 0 Å². The summed E-state index contributed by atoms with van der Waals surface area (Å²) < 4.78 is 24.5. The van der Waals surface area contributed by atoms with E-state index >= 15 is 0 Å². The van der Waals surface area contributed by atoms with Gasteiger partial charge in [-0.2, -0.15) is 0 Å². The first kappa shape index (κ1) is 14.3. The van der Waals surface area contributed by atoms with E-state index < -0.39 is 0 Å². The number of methoxy groups -OCH3 is 1. The highest BCUT2D eigenvalue weighted by atomic mass is 19.1. The van der Waals surface area contributed by atoms with Crippen LogP contribution < -0.4 is 15.2 Å². The molecule has 0 aliphatic heterocycles. The van der Waals surface area contributed by atoms with E-state index in [1.165, 1.54) is 6.07 Å². The highest BCUT2D eigenvalue weighted by Crippen LogP contribution is 2.21. The van der Waals surface area contributed by atoms with Gasteiger partial charge < -0.3 is 15.2 Å². The minimum Gasteiger partial charge on any atom is -0.497 e. The molecule has 0 aliphatic rings. The van der Waals surface area contributed by atoms with Crippen LogP contribution >= 0.6 is 0 Å². The molecule has 2 rings (SSSR count). The average molecular weight is 275 g/mol. The van der Waals surface area contributed by atoms with Gasteiger partial charge in [0.05, 0.1) is 7.11 Å². The first-order valence-corrected chi connectivity index (χ1v) is 6.47. The smallest absolute Gasteiger partial charge is 0.165 e. The van der Waals surface area contributed by atoms with Crippen molar-refractivity contribution in [2.75, 3.05) is 13.7 Å². The maximum absolute atomic E-state index is 13.8. The van der Waals surface area contributed by atoms with E-state index in [9.17, 15) is 4.39 Å². The van der Waals surface area contributed by atoms with Crippen molar-refractivity contribution in [1.29, 1.82) is 0 Å². The number of hydrogen-bond acceptors (Lipinski definition) is 3. The second-order valence-corrected chi connectivity index (χ2v) is 4.44. The van der Waals surface area contributed by atoms with E-state index in [0.717, 1.165) is 16.9 Å². The van der Waals surface area contributed by atoms with Crippen LogP contribution in [0.4, 0.5) is 4.39 Å². The zero-order valence-electron chi connectivity index (χ0n) is 11.4. The molecular formula is C16H18FNO2. The fraction of sp³-hybridized carbons (Fsp3) is 0.250. The highest BCUT2D eigenvalue weighted by molar-refractivity contribution is 5.31. The summed E-state index contributed by atoms with van der Waals surface area (Å²) in [6, 6.07) is 12.4. The van der Waals surface area contributed by atoms with Gasteiger partial charge in [0, 0.05) is 0 Å². The van der Waals surface area contributed by atoms with E-state index in [1.54, 1.807) is 13.2 Å². The molecule has 0 aliphatic carbocycles. The molecule has 0 heterocycles. The SMILES string of the molecule is COc1cccc(COc2ccc(CCN)cc2F)c1. The largest absolute Gasteiger partial charge is 0.497 e. The number of benzene rings is 2. The van der Waals surface area contributed by atoms with E-state index in [2.05, 4.69) is 0 Å². The maximum atomic E-state index is 13.8. The van der Waals surface area contributed by atoms with Crippen LogP contribution in [0.5, 0.6) is 11.5 Å². The van der Waals surface area contributed by atoms with Crippen molar-refractivity contribution in [3.8, 4) is 11.5 Å². The lowest BCUT2D eigenvalue weighted by atomic mass is 10.1. The van der Waals surface area contributed by atoms with Gasteiger partial charge in [-0.3, -0.25) is 0 Å². The van der Waals surface area contributed by atoms with Crippen LogP contribution in [0.3, 0.4) is 0 Å². The van der Waals surface area contributed by atoms with Gasteiger partial charge in [-0.25, -0.2) is 4.39 Å². The third kappa shape index (κ3) is 3.71. The van der Waals surface area contributed by atoms with Gasteiger partial charge in [-0.1, -0.05) is 18.2 Å². The molecule has 20 heavy (non-hydrogen) atoms. The maximum Gasteiger partial charge on any atom is 0.165 e. The molecule has 0 spiro atoms. The van der Waals surface area contributed by atoms with Crippen LogP contribution in [0.15, 0.2) is 42.5 Å². The van der Waals surface area contributed by atoms with Gasteiger partial charge in [0.25, 0.3) is 0 Å². The Labute approximate surface area is 118 Å². The molecule has 4 heteroatoms. The number of hydrogen-bond donors (Lipinski definition) is 1. The summed E-state index contributed by atoms with van der Waals surface area (Å²) in [5.74, 6) is 0.636. The van der Waals surface area contributed by atoms with Crippen molar-refractivity contribution < 1.29 is 13.9 Å². The second kappa shape index (κ2) is 6.91. The lowest BCUT2D eigenvalue weighted by Gasteiger charge is -2.09. The second-order valence-electron chi connectivity index (χ2n) is 4.44. The lowest BCUT2D eigenvalue weighted by Crippen LogP contribution is -2.03. The summed E-state index contributed by atoms with van der Waals surface area (Å²) in [5, 5.41) is 0. The van der Waals surface area contributed by atoms with E-state index in [1.807, 2.05) is 30.3 Å². The van der Waals surface area contributed by atoms with Crippen molar-refractivity contribution in [3.05, 3.63) is 59.4 Å². The number of rotatable bonds is 6. The zero-order valence-corrected chi connectivity index (χ0v) is 11.4. The van der Waals surface area contributed by atoms with Crippen molar-refractivity contribution in [2.24, 2.45) is 5.73 Å². The first-order valence-electron chi connectivity index (χ1n) is 6.47. The van der Waals surface area contributed by atoms with E-state index in [-0.39, 0.29) is 11.6 Å². The molecule has 0 unspecified atom stereocenters. The molecule has 2 aromatic carbocycles. The van der Waals surface area contributed by atoms with Gasteiger partial charge in [-0.05, 0) is 48.4 Å². The van der Waals surface area contributed by atoms with Crippen molar-refractivity contribution in [1.82, 2.24) is 0 Å². The predicted molar refractivity (Wildman–Crippen MR) is 76.5 cm³/mol. The molecule has 0 amide bonds. The Bertz CT molecular complexity index is 572. The summed E-state index contributed by atoms with van der Waals surface area (Å²) in [7, 11) is 1.61. The highest BCUT2D eigenvalue weighted by Gasteiger charge is 2.05. The van der Waals surface area contributed by atoms with Crippen LogP contribution in [-0.4, -0.2) is 13.7 Å². The molecule has 0 saturated heterocycles. The van der Waals surface area contributed by atoms with Crippen LogP contribution in [0, 0.1) is 5.82 Å². The Hall–Kier alpha value is -2.07. The van der Waals surface area contributed by atoms with E-state index in [4.69, 9.17) is 15.2 Å². The van der Waals surface area contributed by atoms with Gasteiger partial charge in [-0.15, -0.1) is 0 Å². The standard InChI is InChI=1S/C16H18FNO2/c1-19-14-4-2-3-13(9-14)11-20-16-6-5-12(7-8-18)10-15(16)17/h2-6,9-10H,7-8,11,18H2,1H3. The summed E-state index contributed by atoms with van der Waals surface area (Å²) in [6.07, 6.45) is 0.660.